The summed E-state index contributed by atoms with van der Waals surface area (Å²) in [7, 11) is 3.87. The van der Waals surface area contributed by atoms with Crippen LogP contribution in [-0.2, 0) is 11.3 Å². The van der Waals surface area contributed by atoms with E-state index in [2.05, 4.69) is 66.6 Å². The average molecular weight is 358 g/mol. The second kappa shape index (κ2) is 7.76. The Morgan fingerprint density at radius 1 is 1.35 bits per heavy atom. The molecule has 2 aromatic heterocycles. The third-order valence-electron chi connectivity index (χ3n) is 5.49. The molecule has 1 saturated heterocycles. The molecule has 0 aromatic carbocycles. The lowest BCUT2D eigenvalue weighted by Gasteiger charge is -2.24. The fourth-order valence-electron chi connectivity index (χ4n) is 3.44. The van der Waals surface area contributed by atoms with E-state index in [9.17, 15) is 0 Å². The molecule has 1 N–H and O–H groups in total. The number of aromatic nitrogens is 3. The molecule has 0 spiro atoms. The maximum atomic E-state index is 5.64. The Kier molecular flexibility index (Phi) is 5.63. The first-order valence-corrected chi connectivity index (χ1v) is 9.36. The third-order valence-corrected chi connectivity index (χ3v) is 5.49. The number of rotatable bonds is 6. The van der Waals surface area contributed by atoms with Crippen LogP contribution in [0.5, 0.6) is 0 Å². The molecule has 1 aliphatic rings. The lowest BCUT2D eigenvalue weighted by Crippen LogP contribution is -2.27. The van der Waals surface area contributed by atoms with E-state index in [4.69, 9.17) is 9.72 Å². The molecule has 3 rings (SSSR count). The molecule has 0 unspecified atom stereocenters. The van der Waals surface area contributed by atoms with E-state index in [1.165, 1.54) is 5.56 Å². The van der Waals surface area contributed by atoms with Gasteiger partial charge in [0, 0.05) is 45.2 Å². The smallest absolute Gasteiger partial charge is 0.128 e. The Balaban J connectivity index is 1.75. The predicted octanol–water partition coefficient (Wildman–Crippen LogP) is 3.23. The minimum atomic E-state index is 0.241. The molecule has 0 bridgehead atoms. The molecule has 6 nitrogen and oxygen atoms in total. The zero-order chi connectivity index (χ0) is 18.8. The summed E-state index contributed by atoms with van der Waals surface area (Å²) in [5.41, 5.74) is 3.43. The minimum Gasteiger partial charge on any atom is -0.380 e. The number of likely N-dealkylation sites (tertiary alicyclic amines) is 1. The van der Waals surface area contributed by atoms with Crippen molar-refractivity contribution < 1.29 is 4.74 Å². The molecule has 0 amide bonds. The molecule has 26 heavy (non-hydrogen) atoms. The summed E-state index contributed by atoms with van der Waals surface area (Å²) >= 11 is 0. The number of nitrogens with one attached hydrogen (secondary N) is 1. The summed E-state index contributed by atoms with van der Waals surface area (Å²) < 4.78 is 5.64. The van der Waals surface area contributed by atoms with Crippen molar-refractivity contribution in [1.29, 1.82) is 0 Å². The van der Waals surface area contributed by atoms with Crippen molar-refractivity contribution in [2.24, 2.45) is 0 Å². The number of hydrogen-bond donors (Lipinski definition) is 1. The Bertz CT molecular complexity index is 705. The first-order valence-electron chi connectivity index (χ1n) is 9.36. The van der Waals surface area contributed by atoms with Crippen LogP contribution >= 0.6 is 0 Å². The van der Waals surface area contributed by atoms with Crippen molar-refractivity contribution >= 4 is 5.82 Å². The second-order valence-electron chi connectivity index (χ2n) is 7.60. The van der Waals surface area contributed by atoms with E-state index in [1.54, 1.807) is 7.11 Å². The van der Waals surface area contributed by atoms with Crippen LogP contribution in [0.2, 0.25) is 0 Å². The molecule has 0 radical (unpaired) electrons. The first-order chi connectivity index (χ1) is 12.4. The van der Waals surface area contributed by atoms with Crippen LogP contribution < -0.4 is 4.90 Å². The molecular formula is C20H31N5O. The highest BCUT2D eigenvalue weighted by molar-refractivity contribution is 5.39. The average Bonchev–Trinajstić information content (AvgIpc) is 3.18. The SMILES string of the molecule is CO[C@@H]1C[C@@H](c2nc(C)c(C)[nH]2)N(Cc2ccc(N(C)C(C)C)nc2)C1. The number of hydrogen-bond acceptors (Lipinski definition) is 5. The zero-order valence-electron chi connectivity index (χ0n) is 16.8. The van der Waals surface area contributed by atoms with Crippen molar-refractivity contribution in [1.82, 2.24) is 19.9 Å². The van der Waals surface area contributed by atoms with E-state index in [-0.39, 0.29) is 12.1 Å². The Morgan fingerprint density at radius 3 is 2.65 bits per heavy atom. The van der Waals surface area contributed by atoms with Gasteiger partial charge in [0.2, 0.25) is 0 Å². The normalized spacial score (nSPS) is 20.9. The lowest BCUT2D eigenvalue weighted by atomic mass is 10.1. The maximum Gasteiger partial charge on any atom is 0.128 e. The van der Waals surface area contributed by atoms with Gasteiger partial charge in [-0.1, -0.05) is 6.07 Å². The lowest BCUT2D eigenvalue weighted by molar-refractivity contribution is 0.107. The van der Waals surface area contributed by atoms with Gasteiger partial charge in [-0.3, -0.25) is 4.90 Å². The van der Waals surface area contributed by atoms with Gasteiger partial charge >= 0.3 is 0 Å². The first kappa shape index (κ1) is 18.9. The van der Waals surface area contributed by atoms with Crippen LogP contribution in [0.1, 0.15) is 49.1 Å². The number of ether oxygens (including phenoxy) is 1. The van der Waals surface area contributed by atoms with E-state index < -0.39 is 0 Å². The fraction of sp³-hybridized carbons (Fsp3) is 0.600. The third kappa shape index (κ3) is 3.91. The molecule has 1 fully saturated rings. The molecule has 3 heterocycles. The van der Waals surface area contributed by atoms with Crippen LogP contribution in [0.3, 0.4) is 0 Å². The zero-order valence-corrected chi connectivity index (χ0v) is 16.8. The second-order valence-corrected chi connectivity index (χ2v) is 7.60. The largest absolute Gasteiger partial charge is 0.380 e. The van der Waals surface area contributed by atoms with Gasteiger partial charge in [0.15, 0.2) is 0 Å². The Labute approximate surface area is 156 Å². The number of aromatic amines is 1. The van der Waals surface area contributed by atoms with Gasteiger partial charge in [0.05, 0.1) is 17.8 Å². The molecule has 1 aliphatic heterocycles. The molecular weight excluding hydrogens is 326 g/mol. The van der Waals surface area contributed by atoms with Crippen LogP contribution in [-0.4, -0.2) is 52.7 Å². The Morgan fingerprint density at radius 2 is 2.12 bits per heavy atom. The van der Waals surface area contributed by atoms with Crippen molar-refractivity contribution in [3.05, 3.63) is 41.1 Å². The summed E-state index contributed by atoms with van der Waals surface area (Å²) in [6.07, 6.45) is 3.19. The summed E-state index contributed by atoms with van der Waals surface area (Å²) in [6, 6.07) is 4.97. The molecule has 142 valence electrons. The number of anilines is 1. The molecule has 6 heteroatoms. The summed E-state index contributed by atoms with van der Waals surface area (Å²) in [5.74, 6) is 2.05. The van der Waals surface area contributed by atoms with Gasteiger partial charge in [-0.05, 0) is 45.7 Å². The van der Waals surface area contributed by atoms with Gasteiger partial charge in [0.25, 0.3) is 0 Å². The van der Waals surface area contributed by atoms with Crippen LogP contribution in [0, 0.1) is 13.8 Å². The quantitative estimate of drug-likeness (QED) is 0.860. The fourth-order valence-corrected chi connectivity index (χ4v) is 3.44. The number of imidazole rings is 1. The number of H-pyrrole nitrogens is 1. The summed E-state index contributed by atoms with van der Waals surface area (Å²) in [5, 5.41) is 0. The maximum absolute atomic E-state index is 5.64. The standard InChI is InChI=1S/C20H31N5O/c1-13(2)24(5)19-8-7-16(10-21-19)11-25-12-17(26-6)9-18(25)20-22-14(3)15(4)23-20/h7-8,10,13,17-18H,9,11-12H2,1-6H3,(H,22,23)/t17-,18+/m1/s1. The van der Waals surface area contributed by atoms with E-state index in [1.807, 2.05) is 6.20 Å². The van der Waals surface area contributed by atoms with Crippen molar-refractivity contribution in [2.45, 2.75) is 58.8 Å². The van der Waals surface area contributed by atoms with Gasteiger partial charge < -0.3 is 14.6 Å². The molecule has 0 saturated carbocycles. The number of aryl methyl sites for hydroxylation is 2. The highest BCUT2D eigenvalue weighted by Crippen LogP contribution is 2.33. The highest BCUT2D eigenvalue weighted by atomic mass is 16.5. The summed E-state index contributed by atoms with van der Waals surface area (Å²) in [4.78, 5) is 17.4. The summed E-state index contributed by atoms with van der Waals surface area (Å²) in [6.45, 7) is 10.2. The van der Waals surface area contributed by atoms with E-state index >= 15 is 0 Å². The molecule has 0 aliphatic carbocycles. The Hall–Kier alpha value is -1.92. The van der Waals surface area contributed by atoms with Gasteiger partial charge in [-0.2, -0.15) is 0 Å². The van der Waals surface area contributed by atoms with Gasteiger partial charge in [-0.15, -0.1) is 0 Å². The van der Waals surface area contributed by atoms with E-state index in [0.29, 0.717) is 6.04 Å². The number of pyridine rings is 1. The highest BCUT2D eigenvalue weighted by Gasteiger charge is 2.35. The molecule has 2 aromatic rings. The van der Waals surface area contributed by atoms with Crippen LogP contribution in [0.15, 0.2) is 18.3 Å². The predicted molar refractivity (Wildman–Crippen MR) is 104 cm³/mol. The number of methoxy groups -OCH3 is 1. The molecule has 2 atom stereocenters. The van der Waals surface area contributed by atoms with Crippen LogP contribution in [0.25, 0.3) is 0 Å². The van der Waals surface area contributed by atoms with Gasteiger partial charge in [-0.25, -0.2) is 9.97 Å². The van der Waals surface area contributed by atoms with Gasteiger partial charge in [0.1, 0.15) is 11.6 Å². The van der Waals surface area contributed by atoms with Crippen molar-refractivity contribution in [2.75, 3.05) is 25.6 Å². The van der Waals surface area contributed by atoms with E-state index in [0.717, 1.165) is 42.5 Å². The minimum absolute atomic E-state index is 0.241. The van der Waals surface area contributed by atoms with Crippen LogP contribution in [0.4, 0.5) is 5.82 Å². The van der Waals surface area contributed by atoms with Crippen molar-refractivity contribution in [3.63, 3.8) is 0 Å². The topological polar surface area (TPSA) is 57.3 Å². The monoisotopic (exact) mass is 357 g/mol. The number of nitrogens with zero attached hydrogens (tertiary/aromatic N) is 4. The van der Waals surface area contributed by atoms with Crippen molar-refractivity contribution in [3.8, 4) is 0 Å².